The summed E-state index contributed by atoms with van der Waals surface area (Å²) in [5, 5.41) is 0. The van der Waals surface area contributed by atoms with Crippen molar-refractivity contribution in [2.75, 3.05) is 0 Å². The molecule has 0 spiro atoms. The molecule has 1 heterocycles. The van der Waals surface area contributed by atoms with E-state index in [0.717, 1.165) is 11.1 Å². The van der Waals surface area contributed by atoms with Gasteiger partial charge in [0.1, 0.15) is 6.10 Å². The van der Waals surface area contributed by atoms with Gasteiger partial charge in [-0.1, -0.05) is 6.07 Å². The molecule has 60 valence electrons. The quantitative estimate of drug-likeness (QED) is 0.650. The Morgan fingerprint density at radius 1 is 1.55 bits per heavy atom. The minimum atomic E-state index is -0.0811. The Morgan fingerprint density at radius 2 is 2.27 bits per heavy atom. The zero-order chi connectivity index (χ0) is 8.27. The molecule has 0 amide bonds. The van der Waals surface area contributed by atoms with Crippen LogP contribution in [-0.2, 0) is 4.84 Å². The average Bonchev–Trinajstić information content (AvgIpc) is 2.03. The van der Waals surface area contributed by atoms with E-state index in [1.165, 1.54) is 0 Å². The second kappa shape index (κ2) is 3.46. The standard InChI is InChI=1S/C8H12N2O/c1-6-3-8(5-10-4-6)7(2)11-9/h3-5,7H,9H2,1-2H3. The second-order valence-electron chi connectivity index (χ2n) is 2.57. The van der Waals surface area contributed by atoms with Crippen molar-refractivity contribution >= 4 is 0 Å². The monoisotopic (exact) mass is 152 g/mol. The second-order valence-corrected chi connectivity index (χ2v) is 2.57. The smallest absolute Gasteiger partial charge is 0.102 e. The van der Waals surface area contributed by atoms with E-state index in [4.69, 9.17) is 5.90 Å². The molecule has 0 bridgehead atoms. The van der Waals surface area contributed by atoms with E-state index < -0.39 is 0 Å². The van der Waals surface area contributed by atoms with Gasteiger partial charge in [0, 0.05) is 18.0 Å². The van der Waals surface area contributed by atoms with Crippen LogP contribution >= 0.6 is 0 Å². The third kappa shape index (κ3) is 2.00. The first-order valence-electron chi connectivity index (χ1n) is 3.51. The summed E-state index contributed by atoms with van der Waals surface area (Å²) >= 11 is 0. The summed E-state index contributed by atoms with van der Waals surface area (Å²) < 4.78 is 0. The molecule has 1 unspecified atom stereocenters. The summed E-state index contributed by atoms with van der Waals surface area (Å²) in [7, 11) is 0. The molecule has 0 aromatic carbocycles. The maximum atomic E-state index is 5.03. The van der Waals surface area contributed by atoms with Crippen molar-refractivity contribution < 1.29 is 4.84 Å². The molecule has 1 rings (SSSR count). The molecule has 3 heteroatoms. The van der Waals surface area contributed by atoms with Crippen molar-refractivity contribution in [2.24, 2.45) is 5.90 Å². The molecule has 2 N–H and O–H groups in total. The largest absolute Gasteiger partial charge is 0.297 e. The highest BCUT2D eigenvalue weighted by Crippen LogP contribution is 2.13. The molecule has 0 aliphatic heterocycles. The molecule has 11 heavy (non-hydrogen) atoms. The molecule has 3 nitrogen and oxygen atoms in total. The number of rotatable bonds is 2. The van der Waals surface area contributed by atoms with Gasteiger partial charge in [-0.25, -0.2) is 5.90 Å². The predicted molar refractivity (Wildman–Crippen MR) is 42.7 cm³/mol. The molecular weight excluding hydrogens is 140 g/mol. The van der Waals surface area contributed by atoms with E-state index in [1.807, 2.05) is 19.9 Å². The molecule has 0 aliphatic rings. The van der Waals surface area contributed by atoms with Crippen LogP contribution in [0.4, 0.5) is 0 Å². The Morgan fingerprint density at radius 3 is 2.82 bits per heavy atom. The number of aryl methyl sites for hydroxylation is 1. The number of hydrogen-bond acceptors (Lipinski definition) is 3. The fraction of sp³-hybridized carbons (Fsp3) is 0.375. The van der Waals surface area contributed by atoms with Crippen LogP contribution < -0.4 is 5.90 Å². The normalized spacial score (nSPS) is 13.0. The molecule has 0 aliphatic carbocycles. The van der Waals surface area contributed by atoms with E-state index in [2.05, 4.69) is 9.82 Å². The fourth-order valence-electron chi connectivity index (χ4n) is 0.879. The highest BCUT2D eigenvalue weighted by atomic mass is 16.6. The van der Waals surface area contributed by atoms with E-state index >= 15 is 0 Å². The Labute approximate surface area is 66.2 Å². The summed E-state index contributed by atoms with van der Waals surface area (Å²) in [5.41, 5.74) is 2.12. The highest BCUT2D eigenvalue weighted by Gasteiger charge is 2.03. The Hall–Kier alpha value is -0.930. The maximum Gasteiger partial charge on any atom is 0.102 e. The number of aromatic nitrogens is 1. The predicted octanol–water partition coefficient (Wildman–Crippen LogP) is 1.34. The van der Waals surface area contributed by atoms with Crippen LogP contribution in [0.2, 0.25) is 0 Å². The van der Waals surface area contributed by atoms with Gasteiger partial charge >= 0.3 is 0 Å². The lowest BCUT2D eigenvalue weighted by molar-refractivity contribution is 0.0661. The molecular formula is C8H12N2O. The van der Waals surface area contributed by atoms with Crippen molar-refractivity contribution in [1.82, 2.24) is 4.98 Å². The van der Waals surface area contributed by atoms with E-state index in [0.29, 0.717) is 0 Å². The first kappa shape index (κ1) is 8.17. The molecule has 0 saturated carbocycles. The topological polar surface area (TPSA) is 48.1 Å². The minimum absolute atomic E-state index is 0.0811. The Kier molecular flexibility index (Phi) is 2.57. The summed E-state index contributed by atoms with van der Waals surface area (Å²) in [6.45, 7) is 3.87. The lowest BCUT2D eigenvalue weighted by Gasteiger charge is -2.07. The van der Waals surface area contributed by atoms with Crippen molar-refractivity contribution in [2.45, 2.75) is 20.0 Å². The zero-order valence-electron chi connectivity index (χ0n) is 6.74. The first-order valence-corrected chi connectivity index (χ1v) is 3.51. The number of nitrogens with two attached hydrogens (primary N) is 1. The van der Waals surface area contributed by atoms with Gasteiger partial charge in [-0.15, -0.1) is 0 Å². The molecule has 0 radical (unpaired) electrons. The van der Waals surface area contributed by atoms with E-state index in [-0.39, 0.29) is 6.10 Å². The van der Waals surface area contributed by atoms with Gasteiger partial charge < -0.3 is 0 Å². The molecule has 0 fully saturated rings. The van der Waals surface area contributed by atoms with Gasteiger partial charge in [0.2, 0.25) is 0 Å². The summed E-state index contributed by atoms with van der Waals surface area (Å²) in [6, 6.07) is 2.00. The van der Waals surface area contributed by atoms with Gasteiger partial charge in [-0.2, -0.15) is 0 Å². The molecule has 0 saturated heterocycles. The molecule has 1 atom stereocenters. The lowest BCUT2D eigenvalue weighted by atomic mass is 10.1. The lowest BCUT2D eigenvalue weighted by Crippen LogP contribution is -2.05. The van der Waals surface area contributed by atoms with Crippen molar-refractivity contribution in [1.29, 1.82) is 0 Å². The third-order valence-corrected chi connectivity index (χ3v) is 1.57. The highest BCUT2D eigenvalue weighted by molar-refractivity contribution is 5.18. The van der Waals surface area contributed by atoms with E-state index in [1.54, 1.807) is 12.4 Å². The first-order chi connectivity index (χ1) is 5.24. The van der Waals surface area contributed by atoms with Gasteiger partial charge in [0.05, 0.1) is 0 Å². The van der Waals surface area contributed by atoms with Crippen LogP contribution in [0.25, 0.3) is 0 Å². The van der Waals surface area contributed by atoms with Crippen LogP contribution in [-0.4, -0.2) is 4.98 Å². The zero-order valence-corrected chi connectivity index (χ0v) is 6.74. The number of hydrogen-bond donors (Lipinski definition) is 1. The van der Waals surface area contributed by atoms with Crippen LogP contribution in [0.15, 0.2) is 18.5 Å². The van der Waals surface area contributed by atoms with Gasteiger partial charge in [-0.3, -0.25) is 9.82 Å². The summed E-state index contributed by atoms with van der Waals surface area (Å²) in [6.07, 6.45) is 3.47. The average molecular weight is 152 g/mol. The Balaban J connectivity index is 2.86. The van der Waals surface area contributed by atoms with Crippen LogP contribution in [0.1, 0.15) is 24.2 Å². The number of nitrogens with zero attached hydrogens (tertiary/aromatic N) is 1. The van der Waals surface area contributed by atoms with E-state index in [9.17, 15) is 0 Å². The summed E-state index contributed by atoms with van der Waals surface area (Å²) in [4.78, 5) is 8.67. The third-order valence-electron chi connectivity index (χ3n) is 1.57. The van der Waals surface area contributed by atoms with Crippen LogP contribution in [0, 0.1) is 6.92 Å². The Bertz CT molecular complexity index is 237. The number of pyridine rings is 1. The van der Waals surface area contributed by atoms with Crippen molar-refractivity contribution in [3.05, 3.63) is 29.6 Å². The SMILES string of the molecule is Cc1cncc(C(C)ON)c1. The molecule has 1 aromatic heterocycles. The van der Waals surface area contributed by atoms with Crippen LogP contribution in [0.3, 0.4) is 0 Å². The summed E-state index contributed by atoms with van der Waals surface area (Å²) in [5.74, 6) is 5.03. The fourth-order valence-corrected chi connectivity index (χ4v) is 0.879. The van der Waals surface area contributed by atoms with Crippen molar-refractivity contribution in [3.8, 4) is 0 Å². The van der Waals surface area contributed by atoms with Gasteiger partial charge in [0.15, 0.2) is 0 Å². The van der Waals surface area contributed by atoms with Crippen molar-refractivity contribution in [3.63, 3.8) is 0 Å². The minimum Gasteiger partial charge on any atom is -0.297 e. The van der Waals surface area contributed by atoms with Gasteiger partial charge in [0.25, 0.3) is 0 Å². The molecule has 1 aromatic rings. The maximum absolute atomic E-state index is 5.03. The van der Waals surface area contributed by atoms with Crippen LogP contribution in [0.5, 0.6) is 0 Å². The van der Waals surface area contributed by atoms with Gasteiger partial charge in [-0.05, 0) is 19.4 Å².